The van der Waals surface area contributed by atoms with Gasteiger partial charge >= 0.3 is 6.18 Å². The highest BCUT2D eigenvalue weighted by atomic mass is 19.4. The number of nitrogens with one attached hydrogen (secondary N) is 1. The van der Waals surface area contributed by atoms with E-state index in [-0.39, 0.29) is 0 Å². The number of aromatic amines is 1. The van der Waals surface area contributed by atoms with Crippen LogP contribution in [0, 0.1) is 0 Å². The molecular formula is C6H5F3N2O2. The lowest BCUT2D eigenvalue weighted by molar-refractivity contribution is -0.128. The molecule has 0 aromatic carbocycles. The van der Waals surface area contributed by atoms with Crippen molar-refractivity contribution in [3.8, 4) is 5.88 Å². The second kappa shape index (κ2) is 3.08. The number of aromatic nitrogens is 2. The van der Waals surface area contributed by atoms with Gasteiger partial charge in [0.15, 0.2) is 0 Å². The molecule has 0 bridgehead atoms. The molecule has 13 heavy (non-hydrogen) atoms. The number of hydrogen-bond donors (Lipinski definition) is 2. The van der Waals surface area contributed by atoms with E-state index < -0.39 is 29.9 Å². The number of alkyl halides is 3. The maximum Gasteiger partial charge on any atom is 0.396 e. The minimum atomic E-state index is -4.45. The maximum absolute atomic E-state index is 11.8. The van der Waals surface area contributed by atoms with Crippen LogP contribution in [0.5, 0.6) is 5.88 Å². The number of nitrogens with zero attached hydrogens (tertiary/aromatic N) is 1. The molecule has 2 N–H and O–H groups in total. The molecule has 0 aliphatic heterocycles. The Morgan fingerprint density at radius 2 is 2.15 bits per heavy atom. The van der Waals surface area contributed by atoms with Crippen molar-refractivity contribution in [3.63, 3.8) is 0 Å². The first-order valence-electron chi connectivity index (χ1n) is 3.23. The fourth-order valence-corrected chi connectivity index (χ4v) is 0.768. The molecule has 0 radical (unpaired) electrons. The Balaban J connectivity index is 2.96. The van der Waals surface area contributed by atoms with E-state index >= 15 is 0 Å². The minimum absolute atomic E-state index is 0.600. The van der Waals surface area contributed by atoms with E-state index in [0.717, 1.165) is 0 Å². The van der Waals surface area contributed by atoms with Crippen LogP contribution < -0.4 is 5.56 Å². The molecule has 1 aromatic heterocycles. The van der Waals surface area contributed by atoms with Crippen molar-refractivity contribution in [2.75, 3.05) is 0 Å². The summed E-state index contributed by atoms with van der Waals surface area (Å²) in [6.07, 6.45) is -5.82. The smallest absolute Gasteiger partial charge is 0.396 e. The third-order valence-electron chi connectivity index (χ3n) is 1.15. The molecular weight excluding hydrogens is 189 g/mol. The average Bonchev–Trinajstić information content (AvgIpc) is 1.78. The molecule has 7 heteroatoms. The predicted octanol–water partition coefficient (Wildman–Crippen LogP) is 0.580. The summed E-state index contributed by atoms with van der Waals surface area (Å²) < 4.78 is 35.3. The zero-order valence-electron chi connectivity index (χ0n) is 6.22. The highest BCUT2D eigenvalue weighted by molar-refractivity contribution is 5.06. The molecule has 0 spiro atoms. The summed E-state index contributed by atoms with van der Waals surface area (Å²) in [5, 5.41) is 8.69. The normalized spacial score (nSPS) is 11.6. The first-order valence-corrected chi connectivity index (χ1v) is 3.23. The van der Waals surface area contributed by atoms with Crippen LogP contribution in [0.2, 0.25) is 0 Å². The van der Waals surface area contributed by atoms with Crippen LogP contribution in [0.3, 0.4) is 0 Å². The number of halogens is 3. The van der Waals surface area contributed by atoms with Crippen molar-refractivity contribution in [1.82, 2.24) is 9.97 Å². The van der Waals surface area contributed by atoms with Crippen molar-refractivity contribution in [2.45, 2.75) is 12.6 Å². The third-order valence-corrected chi connectivity index (χ3v) is 1.15. The maximum atomic E-state index is 11.8. The highest BCUT2D eigenvalue weighted by Gasteiger charge is 2.29. The van der Waals surface area contributed by atoms with Crippen LogP contribution in [0.15, 0.2) is 10.9 Å². The molecule has 72 valence electrons. The summed E-state index contributed by atoms with van der Waals surface area (Å²) in [7, 11) is 0. The average molecular weight is 194 g/mol. The molecule has 1 aromatic rings. The van der Waals surface area contributed by atoms with Gasteiger partial charge in [-0.25, -0.2) is 0 Å². The second-order valence-corrected chi connectivity index (χ2v) is 2.34. The molecule has 0 unspecified atom stereocenters. The van der Waals surface area contributed by atoms with E-state index in [1.54, 1.807) is 0 Å². The van der Waals surface area contributed by atoms with Gasteiger partial charge in [0.25, 0.3) is 5.56 Å². The standard InChI is InChI=1S/C6H5F3N2O2/c7-6(8,9)2-3-10-4(12)1-5(13)11-3/h1H,2H2,(H2,10,11,12,13). The lowest BCUT2D eigenvalue weighted by Crippen LogP contribution is -2.18. The van der Waals surface area contributed by atoms with Gasteiger partial charge in [0.1, 0.15) is 12.2 Å². The summed E-state index contributed by atoms with van der Waals surface area (Å²) >= 11 is 0. The molecule has 0 aliphatic carbocycles. The molecule has 0 fully saturated rings. The van der Waals surface area contributed by atoms with Crippen LogP contribution in [0.1, 0.15) is 5.82 Å². The van der Waals surface area contributed by atoms with E-state index in [9.17, 15) is 18.0 Å². The molecule has 1 heterocycles. The molecule has 0 saturated heterocycles. The first kappa shape index (κ1) is 9.56. The van der Waals surface area contributed by atoms with Crippen LogP contribution >= 0.6 is 0 Å². The van der Waals surface area contributed by atoms with Crippen LogP contribution in [0.25, 0.3) is 0 Å². The van der Waals surface area contributed by atoms with Crippen molar-refractivity contribution < 1.29 is 18.3 Å². The summed E-state index contributed by atoms with van der Waals surface area (Å²) in [6.45, 7) is 0. The van der Waals surface area contributed by atoms with E-state index in [1.165, 1.54) is 0 Å². The second-order valence-electron chi connectivity index (χ2n) is 2.34. The number of rotatable bonds is 1. The first-order chi connectivity index (χ1) is 5.87. The van der Waals surface area contributed by atoms with E-state index in [1.807, 2.05) is 4.98 Å². The Kier molecular flexibility index (Phi) is 2.26. The molecule has 4 nitrogen and oxygen atoms in total. The summed E-state index contributed by atoms with van der Waals surface area (Å²) in [5.41, 5.74) is -0.813. The zero-order chi connectivity index (χ0) is 10.1. The van der Waals surface area contributed by atoms with Crippen LogP contribution in [0.4, 0.5) is 13.2 Å². The van der Waals surface area contributed by atoms with Gasteiger partial charge in [-0.2, -0.15) is 18.2 Å². The Hall–Kier alpha value is -1.53. The fourth-order valence-electron chi connectivity index (χ4n) is 0.768. The van der Waals surface area contributed by atoms with Gasteiger partial charge in [-0.1, -0.05) is 0 Å². The lowest BCUT2D eigenvalue weighted by Gasteiger charge is -2.04. The molecule has 0 atom stereocenters. The van der Waals surface area contributed by atoms with Crippen molar-refractivity contribution in [1.29, 1.82) is 0 Å². The van der Waals surface area contributed by atoms with Gasteiger partial charge in [0.05, 0.1) is 6.07 Å². The van der Waals surface area contributed by atoms with Gasteiger partial charge in [-0.15, -0.1) is 0 Å². The monoisotopic (exact) mass is 194 g/mol. The molecule has 0 aliphatic rings. The lowest BCUT2D eigenvalue weighted by atomic mass is 10.4. The van der Waals surface area contributed by atoms with Crippen molar-refractivity contribution in [2.24, 2.45) is 0 Å². The van der Waals surface area contributed by atoms with Gasteiger partial charge in [-0.3, -0.25) is 4.79 Å². The summed E-state index contributed by atoms with van der Waals surface area (Å²) in [6, 6.07) is 0.694. The SMILES string of the molecule is O=c1cc(O)nc(CC(F)(F)F)[nH]1. The Morgan fingerprint density at radius 1 is 1.54 bits per heavy atom. The largest absolute Gasteiger partial charge is 0.493 e. The number of H-pyrrole nitrogens is 1. The third kappa shape index (κ3) is 3.14. The van der Waals surface area contributed by atoms with Gasteiger partial charge < -0.3 is 10.1 Å². The fraction of sp³-hybridized carbons (Fsp3) is 0.333. The van der Waals surface area contributed by atoms with E-state index in [2.05, 4.69) is 4.98 Å². The van der Waals surface area contributed by atoms with Gasteiger partial charge in [0, 0.05) is 0 Å². The zero-order valence-corrected chi connectivity index (χ0v) is 6.22. The molecule has 1 rings (SSSR count). The molecule has 0 saturated carbocycles. The van der Waals surface area contributed by atoms with Crippen LogP contribution in [-0.4, -0.2) is 21.3 Å². The van der Waals surface area contributed by atoms with Crippen molar-refractivity contribution in [3.05, 3.63) is 22.2 Å². The summed E-state index contributed by atoms with van der Waals surface area (Å²) in [4.78, 5) is 15.5. The Bertz CT molecular complexity index is 358. The minimum Gasteiger partial charge on any atom is -0.493 e. The quantitative estimate of drug-likeness (QED) is 0.687. The van der Waals surface area contributed by atoms with Crippen LogP contribution in [-0.2, 0) is 6.42 Å². The van der Waals surface area contributed by atoms with Gasteiger partial charge in [0.2, 0.25) is 5.88 Å². The Labute approximate surface area is 70.1 Å². The molecule has 0 amide bonds. The number of aromatic hydroxyl groups is 1. The van der Waals surface area contributed by atoms with E-state index in [4.69, 9.17) is 5.11 Å². The van der Waals surface area contributed by atoms with Crippen molar-refractivity contribution >= 4 is 0 Å². The van der Waals surface area contributed by atoms with Gasteiger partial charge in [-0.05, 0) is 0 Å². The predicted molar refractivity (Wildman–Crippen MR) is 36.3 cm³/mol. The highest BCUT2D eigenvalue weighted by Crippen LogP contribution is 2.19. The van der Waals surface area contributed by atoms with E-state index in [0.29, 0.717) is 6.07 Å². The summed E-state index contributed by atoms with van der Waals surface area (Å²) in [5.74, 6) is -1.32. The number of hydrogen-bond acceptors (Lipinski definition) is 3. The topological polar surface area (TPSA) is 66.0 Å². The Morgan fingerprint density at radius 3 is 2.62 bits per heavy atom.